The largest absolute Gasteiger partial charge is 0.381 e. The number of halogens is 1. The molecule has 7 heteroatoms. The van der Waals surface area contributed by atoms with E-state index >= 15 is 0 Å². The lowest BCUT2D eigenvalue weighted by Crippen LogP contribution is -2.41. The molecule has 1 aromatic heterocycles. The molecule has 1 saturated heterocycles. The number of aromatic nitrogens is 1. The molecule has 0 bridgehead atoms. The second-order valence-corrected chi connectivity index (χ2v) is 7.26. The second kappa shape index (κ2) is 12.0. The van der Waals surface area contributed by atoms with E-state index in [9.17, 15) is 4.79 Å². The zero-order chi connectivity index (χ0) is 19.8. The Morgan fingerprint density at radius 2 is 2.00 bits per heavy atom. The summed E-state index contributed by atoms with van der Waals surface area (Å²) in [5.74, 6) is 1.50. The molecular weight excluding hydrogens is 479 g/mol. The van der Waals surface area contributed by atoms with Crippen molar-refractivity contribution < 1.29 is 4.74 Å². The van der Waals surface area contributed by atoms with E-state index in [0.29, 0.717) is 19.0 Å². The van der Waals surface area contributed by atoms with Gasteiger partial charge in [-0.25, -0.2) is 4.99 Å². The number of rotatable bonds is 7. The highest BCUT2D eigenvalue weighted by atomic mass is 127. The number of benzene rings is 1. The number of guanidine groups is 1. The van der Waals surface area contributed by atoms with Crippen LogP contribution >= 0.6 is 24.0 Å². The van der Waals surface area contributed by atoms with Crippen LogP contribution in [-0.2, 0) is 17.8 Å². The molecule has 3 rings (SSSR count). The molecule has 0 radical (unpaired) electrons. The standard InChI is InChI=1S/C22H30N4O2.HI/c1-3-23-22(25(2)15-20-11-13-28-17-20)24-14-18-7-9-19(10-8-18)16-26-12-5-4-6-21(26)27;/h4-10,12,20H,3,11,13-17H2,1-2H3,(H,23,24);1H. The van der Waals surface area contributed by atoms with Crippen molar-refractivity contribution in [2.75, 3.05) is 33.4 Å². The number of ether oxygens (including phenoxy) is 1. The molecule has 1 aromatic carbocycles. The normalized spacial score (nSPS) is 16.3. The number of pyridine rings is 1. The molecule has 1 aliphatic rings. The molecule has 2 aromatic rings. The molecule has 29 heavy (non-hydrogen) atoms. The summed E-state index contributed by atoms with van der Waals surface area (Å²) < 4.78 is 7.19. The van der Waals surface area contributed by atoms with Gasteiger partial charge in [0.25, 0.3) is 5.56 Å². The fraction of sp³-hybridized carbons (Fsp3) is 0.455. The Kier molecular flexibility index (Phi) is 9.66. The van der Waals surface area contributed by atoms with Crippen LogP contribution in [0, 0.1) is 5.92 Å². The molecular formula is C22H31IN4O2. The maximum atomic E-state index is 11.8. The third-order valence-corrected chi connectivity index (χ3v) is 4.94. The molecule has 0 spiro atoms. The molecule has 6 nitrogen and oxygen atoms in total. The Bertz CT molecular complexity index is 829. The maximum Gasteiger partial charge on any atom is 0.250 e. The van der Waals surface area contributed by atoms with E-state index in [4.69, 9.17) is 9.73 Å². The van der Waals surface area contributed by atoms with E-state index in [1.165, 1.54) is 0 Å². The van der Waals surface area contributed by atoms with Gasteiger partial charge in [-0.05, 0) is 30.5 Å². The van der Waals surface area contributed by atoms with Gasteiger partial charge in [0, 0.05) is 44.9 Å². The van der Waals surface area contributed by atoms with E-state index in [2.05, 4.69) is 48.5 Å². The SMILES string of the molecule is CCNC(=NCc1ccc(Cn2ccccc2=O)cc1)N(C)CC1CCOC1.I. The van der Waals surface area contributed by atoms with Crippen LogP contribution in [0.1, 0.15) is 24.5 Å². The Morgan fingerprint density at radius 3 is 2.66 bits per heavy atom. The highest BCUT2D eigenvalue weighted by Gasteiger charge is 2.19. The van der Waals surface area contributed by atoms with Gasteiger partial charge in [-0.1, -0.05) is 30.3 Å². The van der Waals surface area contributed by atoms with Crippen molar-refractivity contribution in [3.8, 4) is 0 Å². The van der Waals surface area contributed by atoms with Crippen molar-refractivity contribution in [1.29, 1.82) is 0 Å². The summed E-state index contributed by atoms with van der Waals surface area (Å²) in [5.41, 5.74) is 2.27. The van der Waals surface area contributed by atoms with Crippen LogP contribution in [0.25, 0.3) is 0 Å². The van der Waals surface area contributed by atoms with Crippen molar-refractivity contribution >= 4 is 29.9 Å². The number of hydrogen-bond acceptors (Lipinski definition) is 3. The fourth-order valence-corrected chi connectivity index (χ4v) is 3.38. The monoisotopic (exact) mass is 510 g/mol. The third kappa shape index (κ3) is 7.15. The Labute approximate surface area is 190 Å². The van der Waals surface area contributed by atoms with E-state index < -0.39 is 0 Å². The minimum absolute atomic E-state index is 0. The topological polar surface area (TPSA) is 58.9 Å². The predicted octanol–water partition coefficient (Wildman–Crippen LogP) is 2.95. The molecule has 0 aliphatic carbocycles. The van der Waals surface area contributed by atoms with Gasteiger partial charge in [0.15, 0.2) is 5.96 Å². The predicted molar refractivity (Wildman–Crippen MR) is 128 cm³/mol. The quantitative estimate of drug-likeness (QED) is 0.354. The van der Waals surface area contributed by atoms with E-state index in [-0.39, 0.29) is 29.5 Å². The second-order valence-electron chi connectivity index (χ2n) is 7.26. The van der Waals surface area contributed by atoms with Crippen LogP contribution in [0.4, 0.5) is 0 Å². The Hall–Kier alpha value is -1.87. The highest BCUT2D eigenvalue weighted by Crippen LogP contribution is 2.13. The third-order valence-electron chi connectivity index (χ3n) is 4.94. The molecule has 2 heterocycles. The van der Waals surface area contributed by atoms with Crippen LogP contribution < -0.4 is 10.9 Å². The van der Waals surface area contributed by atoms with Crippen LogP contribution in [0.5, 0.6) is 0 Å². The summed E-state index contributed by atoms with van der Waals surface area (Å²) in [6.45, 7) is 6.80. The summed E-state index contributed by atoms with van der Waals surface area (Å²) >= 11 is 0. The van der Waals surface area contributed by atoms with Gasteiger partial charge in [0.1, 0.15) is 0 Å². The van der Waals surface area contributed by atoms with Gasteiger partial charge in [0.05, 0.1) is 19.7 Å². The van der Waals surface area contributed by atoms with E-state index in [1.54, 1.807) is 16.7 Å². The van der Waals surface area contributed by atoms with Crippen molar-refractivity contribution in [2.24, 2.45) is 10.9 Å². The molecule has 1 unspecified atom stereocenters. The average molecular weight is 510 g/mol. The van der Waals surface area contributed by atoms with Crippen LogP contribution in [0.2, 0.25) is 0 Å². The lowest BCUT2D eigenvalue weighted by molar-refractivity contribution is 0.181. The van der Waals surface area contributed by atoms with Crippen molar-refractivity contribution in [3.63, 3.8) is 0 Å². The summed E-state index contributed by atoms with van der Waals surface area (Å²) in [4.78, 5) is 18.8. The van der Waals surface area contributed by atoms with Crippen LogP contribution in [-0.4, -0.2) is 48.8 Å². The molecule has 1 aliphatic heterocycles. The number of aliphatic imine (C=N–C) groups is 1. The molecule has 1 fully saturated rings. The van der Waals surface area contributed by atoms with Crippen molar-refractivity contribution in [1.82, 2.24) is 14.8 Å². The first-order valence-corrected chi connectivity index (χ1v) is 9.96. The smallest absolute Gasteiger partial charge is 0.250 e. The summed E-state index contributed by atoms with van der Waals surface area (Å²) in [6, 6.07) is 13.5. The first-order chi connectivity index (χ1) is 13.7. The van der Waals surface area contributed by atoms with Gasteiger partial charge < -0.3 is 19.5 Å². The summed E-state index contributed by atoms with van der Waals surface area (Å²) in [5, 5.41) is 3.37. The van der Waals surface area contributed by atoms with Crippen molar-refractivity contribution in [3.05, 3.63) is 70.1 Å². The summed E-state index contributed by atoms with van der Waals surface area (Å²) in [7, 11) is 2.08. The molecule has 158 valence electrons. The first-order valence-electron chi connectivity index (χ1n) is 9.96. The Morgan fingerprint density at radius 1 is 1.24 bits per heavy atom. The minimum Gasteiger partial charge on any atom is -0.381 e. The van der Waals surface area contributed by atoms with Crippen LogP contribution in [0.15, 0.2) is 58.4 Å². The van der Waals surface area contributed by atoms with Gasteiger partial charge in [-0.2, -0.15) is 0 Å². The number of nitrogens with one attached hydrogen (secondary N) is 1. The molecule has 0 amide bonds. The molecule has 1 N–H and O–H groups in total. The van der Waals surface area contributed by atoms with Gasteiger partial charge in [0.2, 0.25) is 0 Å². The Balaban J connectivity index is 0.00000300. The lowest BCUT2D eigenvalue weighted by Gasteiger charge is -2.24. The zero-order valence-electron chi connectivity index (χ0n) is 17.2. The first kappa shape index (κ1) is 23.4. The van der Waals surface area contributed by atoms with Gasteiger partial charge >= 0.3 is 0 Å². The van der Waals surface area contributed by atoms with Gasteiger partial charge in [-0.3, -0.25) is 4.79 Å². The average Bonchev–Trinajstić information content (AvgIpc) is 3.21. The molecule has 1 atom stereocenters. The van der Waals surface area contributed by atoms with E-state index in [1.807, 2.05) is 12.3 Å². The van der Waals surface area contributed by atoms with Crippen molar-refractivity contribution in [2.45, 2.75) is 26.4 Å². The number of hydrogen-bond donors (Lipinski definition) is 1. The maximum absolute atomic E-state index is 11.8. The van der Waals surface area contributed by atoms with Gasteiger partial charge in [-0.15, -0.1) is 24.0 Å². The number of nitrogens with zero attached hydrogens (tertiary/aromatic N) is 3. The fourth-order valence-electron chi connectivity index (χ4n) is 3.38. The van der Waals surface area contributed by atoms with E-state index in [0.717, 1.165) is 49.8 Å². The zero-order valence-corrected chi connectivity index (χ0v) is 19.5. The summed E-state index contributed by atoms with van der Waals surface area (Å²) in [6.07, 6.45) is 2.93. The minimum atomic E-state index is 0. The molecule has 0 saturated carbocycles. The van der Waals surface area contributed by atoms with Crippen LogP contribution in [0.3, 0.4) is 0 Å². The lowest BCUT2D eigenvalue weighted by atomic mass is 10.1. The highest BCUT2D eigenvalue weighted by molar-refractivity contribution is 14.0.